The lowest BCUT2D eigenvalue weighted by atomic mass is 9.99. The summed E-state index contributed by atoms with van der Waals surface area (Å²) in [5.74, 6) is -0.0765. The number of hydrogen-bond acceptors (Lipinski definition) is 5. The standard InChI is InChI=1S/C19H21NO4/c21-12-10-20(11-13-22)18(14-23)15-6-8-17(9-7-15)19(24)16-4-2-1-3-5-16/h1-9,14,18,21-22H,10-13H2. The second kappa shape index (κ2) is 9.08. The van der Waals surface area contributed by atoms with Gasteiger partial charge in [0, 0.05) is 24.2 Å². The van der Waals surface area contributed by atoms with Crippen LogP contribution in [0.1, 0.15) is 27.5 Å². The first-order valence-corrected chi connectivity index (χ1v) is 7.82. The number of carbonyl (C=O) groups is 2. The summed E-state index contributed by atoms with van der Waals surface area (Å²) in [6.45, 7) is 0.368. The van der Waals surface area contributed by atoms with Gasteiger partial charge in [-0.25, -0.2) is 0 Å². The molecular formula is C19H21NO4. The van der Waals surface area contributed by atoms with Gasteiger partial charge in [0.25, 0.3) is 0 Å². The SMILES string of the molecule is O=CC(c1ccc(C(=O)c2ccccc2)cc1)N(CCO)CCO. The number of ketones is 1. The van der Waals surface area contributed by atoms with Gasteiger partial charge in [-0.2, -0.15) is 0 Å². The monoisotopic (exact) mass is 327 g/mol. The van der Waals surface area contributed by atoms with Crippen LogP contribution in [0.5, 0.6) is 0 Å². The van der Waals surface area contributed by atoms with Crippen LogP contribution in [0.25, 0.3) is 0 Å². The predicted octanol–water partition coefficient (Wildman–Crippen LogP) is 1.44. The molecular weight excluding hydrogens is 306 g/mol. The van der Waals surface area contributed by atoms with Gasteiger partial charge >= 0.3 is 0 Å². The van der Waals surface area contributed by atoms with Crippen molar-refractivity contribution in [3.63, 3.8) is 0 Å². The minimum absolute atomic E-state index is 0.0765. The van der Waals surface area contributed by atoms with Gasteiger partial charge in [-0.05, 0) is 5.56 Å². The highest BCUT2D eigenvalue weighted by Gasteiger charge is 2.19. The highest BCUT2D eigenvalue weighted by molar-refractivity contribution is 6.08. The first-order chi connectivity index (χ1) is 11.7. The Morgan fingerprint density at radius 2 is 1.46 bits per heavy atom. The molecule has 1 unspecified atom stereocenters. The molecule has 24 heavy (non-hydrogen) atoms. The fourth-order valence-electron chi connectivity index (χ4n) is 2.61. The van der Waals surface area contributed by atoms with E-state index < -0.39 is 6.04 Å². The summed E-state index contributed by atoms with van der Waals surface area (Å²) in [6.07, 6.45) is 0.777. The van der Waals surface area contributed by atoms with E-state index in [1.54, 1.807) is 41.3 Å². The van der Waals surface area contributed by atoms with Gasteiger partial charge in [-0.15, -0.1) is 0 Å². The van der Waals surface area contributed by atoms with E-state index in [1.807, 2.05) is 18.2 Å². The van der Waals surface area contributed by atoms with E-state index in [0.29, 0.717) is 11.1 Å². The summed E-state index contributed by atoms with van der Waals surface area (Å²) in [4.78, 5) is 25.6. The quantitative estimate of drug-likeness (QED) is 0.538. The van der Waals surface area contributed by atoms with E-state index >= 15 is 0 Å². The van der Waals surface area contributed by atoms with Crippen LogP contribution in [-0.2, 0) is 4.79 Å². The van der Waals surface area contributed by atoms with Gasteiger partial charge in [-0.3, -0.25) is 9.69 Å². The molecule has 0 aliphatic carbocycles. The van der Waals surface area contributed by atoms with E-state index in [9.17, 15) is 9.59 Å². The minimum atomic E-state index is -0.565. The lowest BCUT2D eigenvalue weighted by Crippen LogP contribution is -2.34. The first kappa shape index (κ1) is 18.0. The Labute approximate surface area is 141 Å². The van der Waals surface area contributed by atoms with Crippen LogP contribution in [0, 0.1) is 0 Å². The molecule has 2 aromatic carbocycles. The van der Waals surface area contributed by atoms with Crippen molar-refractivity contribution in [2.24, 2.45) is 0 Å². The lowest BCUT2D eigenvalue weighted by molar-refractivity contribution is -0.113. The van der Waals surface area contributed by atoms with E-state index in [4.69, 9.17) is 10.2 Å². The second-order valence-corrected chi connectivity index (χ2v) is 5.38. The van der Waals surface area contributed by atoms with Gasteiger partial charge in [0.05, 0.1) is 19.3 Å². The third-order valence-corrected chi connectivity index (χ3v) is 3.85. The van der Waals surface area contributed by atoms with Crippen LogP contribution in [0.15, 0.2) is 54.6 Å². The van der Waals surface area contributed by atoms with E-state index in [0.717, 1.165) is 11.8 Å². The summed E-state index contributed by atoms with van der Waals surface area (Å²) in [6, 6.07) is 15.3. The molecule has 2 rings (SSSR count). The van der Waals surface area contributed by atoms with Crippen molar-refractivity contribution in [3.8, 4) is 0 Å². The molecule has 0 radical (unpaired) electrons. The van der Waals surface area contributed by atoms with Crippen molar-refractivity contribution < 1.29 is 19.8 Å². The molecule has 0 heterocycles. The molecule has 5 heteroatoms. The molecule has 0 aromatic heterocycles. The number of aliphatic hydroxyl groups is 2. The molecule has 0 bridgehead atoms. The highest BCUT2D eigenvalue weighted by Crippen LogP contribution is 2.20. The van der Waals surface area contributed by atoms with Crippen molar-refractivity contribution >= 4 is 12.1 Å². The Morgan fingerprint density at radius 3 is 1.96 bits per heavy atom. The van der Waals surface area contributed by atoms with E-state index in [2.05, 4.69) is 0 Å². The van der Waals surface area contributed by atoms with Crippen molar-refractivity contribution in [3.05, 3.63) is 71.3 Å². The summed E-state index contributed by atoms with van der Waals surface area (Å²) >= 11 is 0. The maximum Gasteiger partial charge on any atom is 0.193 e. The average molecular weight is 327 g/mol. The number of aliphatic hydroxyl groups excluding tert-OH is 2. The van der Waals surface area contributed by atoms with Crippen LogP contribution in [0.3, 0.4) is 0 Å². The molecule has 1 atom stereocenters. The van der Waals surface area contributed by atoms with Crippen molar-refractivity contribution in [1.29, 1.82) is 0 Å². The van der Waals surface area contributed by atoms with Gasteiger partial charge in [-0.1, -0.05) is 54.6 Å². The number of hydrogen-bond donors (Lipinski definition) is 2. The Hall–Kier alpha value is -2.34. The van der Waals surface area contributed by atoms with Gasteiger partial charge < -0.3 is 15.0 Å². The maximum atomic E-state index is 12.4. The second-order valence-electron chi connectivity index (χ2n) is 5.38. The van der Waals surface area contributed by atoms with Crippen LogP contribution >= 0.6 is 0 Å². The molecule has 0 aliphatic rings. The molecule has 0 saturated carbocycles. The molecule has 0 spiro atoms. The molecule has 2 aromatic rings. The normalized spacial score (nSPS) is 12.1. The Morgan fingerprint density at radius 1 is 0.917 bits per heavy atom. The molecule has 2 N–H and O–H groups in total. The number of nitrogens with zero attached hydrogens (tertiary/aromatic N) is 1. The number of aldehydes is 1. The molecule has 126 valence electrons. The fraction of sp³-hybridized carbons (Fsp3) is 0.263. The molecule has 0 aliphatic heterocycles. The first-order valence-electron chi connectivity index (χ1n) is 7.82. The zero-order valence-electron chi connectivity index (χ0n) is 13.3. The molecule has 5 nitrogen and oxygen atoms in total. The van der Waals surface area contributed by atoms with Crippen LogP contribution in [-0.4, -0.2) is 53.5 Å². The molecule has 0 amide bonds. The van der Waals surface area contributed by atoms with Gasteiger partial charge in [0.15, 0.2) is 5.78 Å². The van der Waals surface area contributed by atoms with Crippen LogP contribution < -0.4 is 0 Å². The number of benzene rings is 2. The predicted molar refractivity (Wildman–Crippen MR) is 90.9 cm³/mol. The minimum Gasteiger partial charge on any atom is -0.395 e. The van der Waals surface area contributed by atoms with Gasteiger partial charge in [0.1, 0.15) is 6.29 Å². The van der Waals surface area contributed by atoms with Crippen molar-refractivity contribution in [1.82, 2.24) is 4.90 Å². The third kappa shape index (κ3) is 4.35. The summed E-state index contributed by atoms with van der Waals surface area (Å²) in [5.41, 5.74) is 1.88. The highest BCUT2D eigenvalue weighted by atomic mass is 16.3. The maximum absolute atomic E-state index is 12.4. The average Bonchev–Trinajstić information content (AvgIpc) is 2.63. The number of rotatable bonds is 9. The van der Waals surface area contributed by atoms with Crippen molar-refractivity contribution in [2.75, 3.05) is 26.3 Å². The zero-order valence-corrected chi connectivity index (χ0v) is 13.3. The number of carbonyl (C=O) groups excluding carboxylic acids is 2. The van der Waals surface area contributed by atoms with Gasteiger partial charge in [0.2, 0.25) is 0 Å². The van der Waals surface area contributed by atoms with Crippen LogP contribution in [0.2, 0.25) is 0 Å². The fourth-order valence-corrected chi connectivity index (χ4v) is 2.61. The molecule has 0 fully saturated rings. The van der Waals surface area contributed by atoms with E-state index in [1.165, 1.54) is 0 Å². The zero-order chi connectivity index (χ0) is 17.4. The lowest BCUT2D eigenvalue weighted by Gasteiger charge is -2.26. The van der Waals surface area contributed by atoms with Crippen molar-refractivity contribution in [2.45, 2.75) is 6.04 Å². The Kier molecular flexibility index (Phi) is 6.81. The van der Waals surface area contributed by atoms with E-state index in [-0.39, 0.29) is 32.1 Å². The summed E-state index contributed by atoms with van der Waals surface area (Å²) in [7, 11) is 0. The molecule has 0 saturated heterocycles. The largest absolute Gasteiger partial charge is 0.395 e. The Bertz CT molecular complexity index is 649. The van der Waals surface area contributed by atoms with Crippen LogP contribution in [0.4, 0.5) is 0 Å². The topological polar surface area (TPSA) is 77.8 Å². The summed E-state index contributed by atoms with van der Waals surface area (Å²) < 4.78 is 0. The summed E-state index contributed by atoms with van der Waals surface area (Å²) in [5, 5.41) is 18.2. The third-order valence-electron chi connectivity index (χ3n) is 3.85. The Balaban J connectivity index is 2.20. The smallest absolute Gasteiger partial charge is 0.193 e.